The topological polar surface area (TPSA) is 237 Å². The van der Waals surface area contributed by atoms with Crippen LogP contribution in [0, 0.1) is 11.8 Å². The zero-order chi connectivity index (χ0) is 62.9. The molecule has 0 aromatic carbocycles. The van der Waals surface area contributed by atoms with Crippen molar-refractivity contribution in [3.05, 3.63) is 0 Å². The SMILES string of the molecule is CCCCCCCCCC(=O)O[C@H](COC(=O)CCCCCCC)COP(=O)(O)OC[C@H](O)COP(=O)(O)OC[C@@H](COC(=O)CCCCCCCCCCCCCCC(C)C)OC(=O)CCCCCCCCCCCCCCCCC(C)CC. The van der Waals surface area contributed by atoms with Gasteiger partial charge in [-0.2, -0.15) is 0 Å². The van der Waals surface area contributed by atoms with Gasteiger partial charge in [0.2, 0.25) is 0 Å². The molecular formula is C66H128O17P2. The van der Waals surface area contributed by atoms with Gasteiger partial charge in [0.25, 0.3) is 0 Å². The highest BCUT2D eigenvalue weighted by Gasteiger charge is 2.30. The van der Waals surface area contributed by atoms with Crippen LogP contribution in [0.3, 0.4) is 0 Å². The fourth-order valence-corrected chi connectivity index (χ4v) is 11.4. The van der Waals surface area contributed by atoms with Gasteiger partial charge in [0.05, 0.1) is 26.4 Å². The van der Waals surface area contributed by atoms with Crippen LogP contribution in [0.2, 0.25) is 0 Å². The number of aliphatic hydroxyl groups is 1. The van der Waals surface area contributed by atoms with Crippen molar-refractivity contribution in [1.29, 1.82) is 0 Å². The van der Waals surface area contributed by atoms with E-state index in [-0.39, 0.29) is 25.7 Å². The van der Waals surface area contributed by atoms with Crippen molar-refractivity contribution in [3.8, 4) is 0 Å². The first-order valence-electron chi connectivity index (χ1n) is 34.5. The lowest BCUT2D eigenvalue weighted by atomic mass is 9.99. The Morgan fingerprint density at radius 1 is 0.341 bits per heavy atom. The average Bonchev–Trinajstić information content (AvgIpc) is 3.54. The van der Waals surface area contributed by atoms with Crippen molar-refractivity contribution in [3.63, 3.8) is 0 Å². The molecule has 0 aliphatic heterocycles. The molecule has 3 unspecified atom stereocenters. The van der Waals surface area contributed by atoms with Crippen LogP contribution < -0.4 is 0 Å². The van der Waals surface area contributed by atoms with E-state index in [0.717, 1.165) is 121 Å². The number of aliphatic hydroxyl groups excluding tert-OH is 1. The Labute approximate surface area is 517 Å². The lowest BCUT2D eigenvalue weighted by molar-refractivity contribution is -0.161. The maximum absolute atomic E-state index is 13.0. The maximum Gasteiger partial charge on any atom is 0.472 e. The molecule has 0 fully saturated rings. The number of unbranched alkanes of at least 4 members (excludes halogenated alkanes) is 34. The number of esters is 4. The van der Waals surface area contributed by atoms with Gasteiger partial charge in [0, 0.05) is 25.7 Å². The van der Waals surface area contributed by atoms with E-state index in [9.17, 15) is 43.2 Å². The van der Waals surface area contributed by atoms with Gasteiger partial charge in [-0.15, -0.1) is 0 Å². The molecule has 0 saturated carbocycles. The second kappa shape index (κ2) is 58.4. The fraction of sp³-hybridized carbons (Fsp3) is 0.939. The summed E-state index contributed by atoms with van der Waals surface area (Å²) in [5, 5.41) is 10.5. The normalized spacial score (nSPS) is 14.6. The summed E-state index contributed by atoms with van der Waals surface area (Å²) in [7, 11) is -9.88. The second-order valence-corrected chi connectivity index (χ2v) is 27.5. The van der Waals surface area contributed by atoms with Crippen LogP contribution in [0.25, 0.3) is 0 Å². The third-order valence-electron chi connectivity index (χ3n) is 15.6. The molecule has 0 saturated heterocycles. The number of rotatable bonds is 65. The van der Waals surface area contributed by atoms with E-state index in [2.05, 4.69) is 41.5 Å². The molecule has 0 rings (SSSR count). The summed E-state index contributed by atoms with van der Waals surface area (Å²) in [5.74, 6) is -0.518. The van der Waals surface area contributed by atoms with Gasteiger partial charge in [0.15, 0.2) is 12.2 Å². The summed E-state index contributed by atoms with van der Waals surface area (Å²) in [5.41, 5.74) is 0. The molecule has 504 valence electrons. The minimum absolute atomic E-state index is 0.103. The predicted octanol–water partition coefficient (Wildman–Crippen LogP) is 18.4. The Morgan fingerprint density at radius 3 is 0.894 bits per heavy atom. The molecule has 0 aliphatic carbocycles. The predicted molar refractivity (Wildman–Crippen MR) is 340 cm³/mol. The van der Waals surface area contributed by atoms with Crippen LogP contribution in [0.15, 0.2) is 0 Å². The molecule has 17 nitrogen and oxygen atoms in total. The van der Waals surface area contributed by atoms with E-state index in [4.69, 9.17) is 37.0 Å². The van der Waals surface area contributed by atoms with Gasteiger partial charge in [-0.1, -0.05) is 279 Å². The summed E-state index contributed by atoms with van der Waals surface area (Å²) in [4.78, 5) is 71.9. The van der Waals surface area contributed by atoms with Crippen LogP contribution in [0.1, 0.15) is 330 Å². The molecule has 0 amide bonds. The van der Waals surface area contributed by atoms with Crippen LogP contribution in [-0.2, 0) is 65.4 Å². The molecule has 0 heterocycles. The average molecular weight is 1260 g/mol. The Balaban J connectivity index is 5.13. The summed E-state index contributed by atoms with van der Waals surface area (Å²) >= 11 is 0. The molecule has 0 aromatic heterocycles. The quantitative estimate of drug-likeness (QED) is 0.0222. The Morgan fingerprint density at radius 2 is 0.600 bits per heavy atom. The minimum Gasteiger partial charge on any atom is -0.462 e. The number of phosphoric ester groups is 2. The van der Waals surface area contributed by atoms with E-state index >= 15 is 0 Å². The Hall–Kier alpha value is -1.94. The fourth-order valence-electron chi connectivity index (χ4n) is 9.85. The van der Waals surface area contributed by atoms with Crippen LogP contribution in [0.4, 0.5) is 0 Å². The first kappa shape index (κ1) is 83.1. The van der Waals surface area contributed by atoms with Gasteiger partial charge in [-0.3, -0.25) is 37.3 Å². The second-order valence-electron chi connectivity index (χ2n) is 24.6. The van der Waals surface area contributed by atoms with E-state index < -0.39 is 97.5 Å². The number of hydrogen-bond acceptors (Lipinski definition) is 15. The van der Waals surface area contributed by atoms with Crippen molar-refractivity contribution < 1.29 is 80.2 Å². The molecule has 19 heteroatoms. The third kappa shape index (κ3) is 59.5. The van der Waals surface area contributed by atoms with Crippen molar-refractivity contribution >= 4 is 39.5 Å². The first-order chi connectivity index (χ1) is 40.9. The zero-order valence-electron chi connectivity index (χ0n) is 54.9. The van der Waals surface area contributed by atoms with Gasteiger partial charge in [-0.05, 0) is 37.5 Å². The highest BCUT2D eigenvalue weighted by atomic mass is 31.2. The highest BCUT2D eigenvalue weighted by Crippen LogP contribution is 2.45. The molecule has 0 aromatic rings. The zero-order valence-corrected chi connectivity index (χ0v) is 56.7. The summed E-state index contributed by atoms with van der Waals surface area (Å²) in [6.45, 7) is 9.45. The summed E-state index contributed by atoms with van der Waals surface area (Å²) in [6, 6.07) is 0. The smallest absolute Gasteiger partial charge is 0.462 e. The van der Waals surface area contributed by atoms with Gasteiger partial charge in [0.1, 0.15) is 19.3 Å². The summed E-state index contributed by atoms with van der Waals surface area (Å²) < 4.78 is 67.8. The molecule has 0 radical (unpaired) electrons. The van der Waals surface area contributed by atoms with Gasteiger partial charge >= 0.3 is 39.5 Å². The van der Waals surface area contributed by atoms with E-state index in [1.165, 1.54) is 128 Å². The van der Waals surface area contributed by atoms with E-state index in [1.54, 1.807) is 0 Å². The monoisotopic (exact) mass is 1250 g/mol. The van der Waals surface area contributed by atoms with E-state index in [0.29, 0.717) is 25.7 Å². The number of ether oxygens (including phenoxy) is 4. The van der Waals surface area contributed by atoms with Gasteiger partial charge < -0.3 is 33.8 Å². The first-order valence-corrected chi connectivity index (χ1v) is 37.5. The summed E-state index contributed by atoms with van der Waals surface area (Å²) in [6.07, 6.45) is 42.2. The minimum atomic E-state index is -4.95. The van der Waals surface area contributed by atoms with Crippen molar-refractivity contribution in [1.82, 2.24) is 0 Å². The maximum atomic E-state index is 13.0. The molecule has 85 heavy (non-hydrogen) atoms. The number of carbonyl (C=O) groups excluding carboxylic acids is 4. The van der Waals surface area contributed by atoms with E-state index in [1.807, 2.05) is 0 Å². The van der Waals surface area contributed by atoms with Crippen molar-refractivity contribution in [2.45, 2.75) is 349 Å². The number of phosphoric acid groups is 2. The molecule has 6 atom stereocenters. The van der Waals surface area contributed by atoms with Crippen LogP contribution in [0.5, 0.6) is 0 Å². The van der Waals surface area contributed by atoms with Crippen molar-refractivity contribution in [2.24, 2.45) is 11.8 Å². The standard InChI is InChI=1S/C66H128O17P2/c1-7-10-12-14-29-38-44-50-65(70)82-61(54-76-63(68)48-42-34-13-11-8-2)56-80-84(72,73)78-52-60(67)53-79-85(74,75)81-57-62(55-77-64(69)49-43-37-32-27-23-20-19-21-25-30-35-40-46-58(4)5)83-66(71)51-45-39-33-28-24-18-16-15-17-22-26-31-36-41-47-59(6)9-3/h58-62,67H,7-57H2,1-6H3,(H,72,73)(H,74,75)/t59?,60-,61+,62+/m0/s1. The molecule has 3 N–H and O–H groups in total. The highest BCUT2D eigenvalue weighted by molar-refractivity contribution is 7.47. The largest absolute Gasteiger partial charge is 0.472 e. The third-order valence-corrected chi connectivity index (χ3v) is 17.5. The number of carbonyl (C=O) groups is 4. The number of hydrogen-bond donors (Lipinski definition) is 3. The Bertz CT molecular complexity index is 1670. The van der Waals surface area contributed by atoms with Crippen LogP contribution in [-0.4, -0.2) is 96.7 Å². The lowest BCUT2D eigenvalue weighted by Gasteiger charge is -2.21. The van der Waals surface area contributed by atoms with Crippen LogP contribution >= 0.6 is 15.6 Å². The van der Waals surface area contributed by atoms with Crippen molar-refractivity contribution in [2.75, 3.05) is 39.6 Å². The lowest BCUT2D eigenvalue weighted by Crippen LogP contribution is -2.30. The molecule has 0 bridgehead atoms. The molecular weight excluding hydrogens is 1130 g/mol. The molecule has 0 aliphatic rings. The van der Waals surface area contributed by atoms with Gasteiger partial charge in [-0.25, -0.2) is 9.13 Å². The molecule has 0 spiro atoms. The Kier molecular flexibility index (Phi) is 57.1.